The molecule has 0 saturated heterocycles. The molecule has 0 unspecified atom stereocenters. The van der Waals surface area contributed by atoms with Crippen LogP contribution < -0.4 is 5.43 Å². The fourth-order valence-electron chi connectivity index (χ4n) is 2.62. The molecule has 0 aliphatic rings. The first-order chi connectivity index (χ1) is 12.0. The summed E-state index contributed by atoms with van der Waals surface area (Å²) in [6, 6.07) is 9.92. The minimum Gasteiger partial charge on any atom is -0.329 e. The number of amides is 1. The minimum atomic E-state index is -0.422. The molecule has 1 amide bonds. The molecule has 0 aliphatic heterocycles. The Balaban J connectivity index is 1.77. The lowest BCUT2D eigenvalue weighted by atomic mass is 10.2. The highest BCUT2D eigenvalue weighted by Crippen LogP contribution is 2.18. The van der Waals surface area contributed by atoms with E-state index in [1.165, 1.54) is 12.3 Å². The Labute approximate surface area is 152 Å². The zero-order valence-electron chi connectivity index (χ0n) is 13.8. The van der Waals surface area contributed by atoms with Crippen LogP contribution in [0.5, 0.6) is 0 Å². The lowest BCUT2D eigenvalue weighted by Crippen LogP contribution is -2.17. The van der Waals surface area contributed by atoms with Crippen molar-refractivity contribution >= 4 is 39.1 Å². The number of carbonyl (C=O) groups is 1. The van der Waals surface area contributed by atoms with Gasteiger partial charge in [0.05, 0.1) is 17.2 Å². The maximum absolute atomic E-state index is 13.7. The summed E-state index contributed by atoms with van der Waals surface area (Å²) >= 11 is 3.19. The van der Waals surface area contributed by atoms with Gasteiger partial charge in [0.2, 0.25) is 0 Å². The summed E-state index contributed by atoms with van der Waals surface area (Å²) in [4.78, 5) is 16.7. The molecule has 7 heteroatoms. The van der Waals surface area contributed by atoms with E-state index >= 15 is 0 Å². The van der Waals surface area contributed by atoms with Crippen molar-refractivity contribution in [1.29, 1.82) is 0 Å². The van der Waals surface area contributed by atoms with Crippen LogP contribution in [0.1, 0.15) is 28.7 Å². The number of benzene rings is 2. The van der Waals surface area contributed by atoms with E-state index in [2.05, 4.69) is 36.0 Å². The molecule has 0 fully saturated rings. The molecule has 3 aromatic rings. The third kappa shape index (κ3) is 3.61. The second-order valence-electron chi connectivity index (χ2n) is 5.47. The van der Waals surface area contributed by atoms with Gasteiger partial charge in [-0.25, -0.2) is 14.8 Å². The topological polar surface area (TPSA) is 59.3 Å². The number of fused-ring (bicyclic) bond motifs is 1. The van der Waals surface area contributed by atoms with Gasteiger partial charge in [0.15, 0.2) is 0 Å². The van der Waals surface area contributed by atoms with Gasteiger partial charge in [0.1, 0.15) is 11.6 Å². The van der Waals surface area contributed by atoms with Crippen molar-refractivity contribution in [1.82, 2.24) is 15.0 Å². The van der Waals surface area contributed by atoms with Gasteiger partial charge in [-0.2, -0.15) is 5.10 Å². The van der Waals surface area contributed by atoms with Gasteiger partial charge in [-0.15, -0.1) is 0 Å². The highest BCUT2D eigenvalue weighted by Gasteiger charge is 2.10. The summed E-state index contributed by atoms with van der Waals surface area (Å²) < 4.78 is 16.4. The number of halogens is 2. The number of aryl methyl sites for hydroxylation is 2. The molecule has 1 heterocycles. The molecule has 3 rings (SSSR count). The van der Waals surface area contributed by atoms with E-state index in [1.54, 1.807) is 24.3 Å². The smallest absolute Gasteiger partial charge is 0.271 e. The first-order valence-electron chi connectivity index (χ1n) is 7.75. The van der Waals surface area contributed by atoms with Gasteiger partial charge < -0.3 is 4.57 Å². The molecule has 1 N–H and O–H groups in total. The first kappa shape index (κ1) is 17.3. The molecule has 0 spiro atoms. The number of hydrogen-bond acceptors (Lipinski definition) is 3. The maximum Gasteiger partial charge on any atom is 0.271 e. The molecule has 0 bridgehead atoms. The standard InChI is InChI=1S/C18H16BrFN4O/c1-3-24-11(2)22-16-8-12(5-7-17(16)24)18(25)23-21-10-13-4-6-14(19)9-15(13)20/h4-10H,3H2,1-2H3,(H,23,25)/b21-10-. The molecule has 25 heavy (non-hydrogen) atoms. The third-order valence-electron chi connectivity index (χ3n) is 3.85. The molecule has 2 aromatic carbocycles. The van der Waals surface area contributed by atoms with Gasteiger partial charge in [-0.05, 0) is 50.2 Å². The summed E-state index contributed by atoms with van der Waals surface area (Å²) in [6.07, 6.45) is 1.27. The van der Waals surface area contributed by atoms with Crippen LogP contribution in [-0.2, 0) is 6.54 Å². The number of nitrogens with one attached hydrogen (secondary N) is 1. The third-order valence-corrected chi connectivity index (χ3v) is 4.34. The Morgan fingerprint density at radius 1 is 1.36 bits per heavy atom. The molecular formula is C18H16BrFN4O. The average molecular weight is 403 g/mol. The average Bonchev–Trinajstić information content (AvgIpc) is 2.90. The number of hydrogen-bond donors (Lipinski definition) is 1. The molecule has 128 valence electrons. The predicted molar refractivity (Wildman–Crippen MR) is 99.3 cm³/mol. The number of aromatic nitrogens is 2. The van der Waals surface area contributed by atoms with Crippen LogP contribution in [0.15, 0.2) is 46.0 Å². The lowest BCUT2D eigenvalue weighted by molar-refractivity contribution is 0.0955. The lowest BCUT2D eigenvalue weighted by Gasteiger charge is -2.03. The maximum atomic E-state index is 13.7. The quantitative estimate of drug-likeness (QED) is 0.528. The zero-order chi connectivity index (χ0) is 18.0. The van der Waals surface area contributed by atoms with Crippen molar-refractivity contribution < 1.29 is 9.18 Å². The molecule has 0 atom stereocenters. The van der Waals surface area contributed by atoms with E-state index in [-0.39, 0.29) is 11.5 Å². The number of nitrogens with zero attached hydrogens (tertiary/aromatic N) is 3. The number of hydrazone groups is 1. The molecule has 0 aliphatic carbocycles. The Morgan fingerprint density at radius 2 is 2.16 bits per heavy atom. The van der Waals surface area contributed by atoms with Gasteiger partial charge in [-0.1, -0.05) is 15.9 Å². The molecule has 1 aromatic heterocycles. The van der Waals surface area contributed by atoms with E-state index < -0.39 is 5.82 Å². The van der Waals surface area contributed by atoms with Crippen molar-refractivity contribution in [2.45, 2.75) is 20.4 Å². The van der Waals surface area contributed by atoms with Gasteiger partial charge >= 0.3 is 0 Å². The summed E-state index contributed by atoms with van der Waals surface area (Å²) in [5, 5.41) is 3.82. The highest BCUT2D eigenvalue weighted by atomic mass is 79.9. The van der Waals surface area contributed by atoms with Crippen LogP contribution in [-0.4, -0.2) is 21.7 Å². The van der Waals surface area contributed by atoms with Crippen molar-refractivity contribution in [2.75, 3.05) is 0 Å². The predicted octanol–water partition coefficient (Wildman–Crippen LogP) is 4.03. The summed E-state index contributed by atoms with van der Waals surface area (Å²) in [5.41, 5.74) is 4.88. The number of carbonyl (C=O) groups excluding carboxylic acids is 1. The largest absolute Gasteiger partial charge is 0.329 e. The van der Waals surface area contributed by atoms with Gasteiger partial charge in [0, 0.05) is 22.1 Å². The van der Waals surface area contributed by atoms with Crippen molar-refractivity contribution in [2.24, 2.45) is 5.10 Å². The van der Waals surface area contributed by atoms with E-state index in [1.807, 2.05) is 19.9 Å². The SMILES string of the molecule is CCn1c(C)nc2cc(C(=O)N/N=C\c3ccc(Br)cc3F)ccc21. The van der Waals surface area contributed by atoms with Gasteiger partial charge in [-0.3, -0.25) is 4.79 Å². The van der Waals surface area contributed by atoms with Crippen LogP contribution >= 0.6 is 15.9 Å². The van der Waals surface area contributed by atoms with Crippen molar-refractivity contribution in [3.63, 3.8) is 0 Å². The monoisotopic (exact) mass is 402 g/mol. The minimum absolute atomic E-state index is 0.288. The second kappa shape index (κ2) is 7.14. The van der Waals surface area contributed by atoms with E-state index in [0.29, 0.717) is 10.0 Å². The van der Waals surface area contributed by atoms with Crippen LogP contribution in [0.2, 0.25) is 0 Å². The Hall–Kier alpha value is -2.54. The van der Waals surface area contributed by atoms with Gasteiger partial charge in [0.25, 0.3) is 5.91 Å². The normalized spacial score (nSPS) is 11.4. The zero-order valence-corrected chi connectivity index (χ0v) is 15.3. The van der Waals surface area contributed by atoms with Crippen LogP contribution in [0, 0.1) is 12.7 Å². The fourth-order valence-corrected chi connectivity index (χ4v) is 2.95. The Bertz CT molecular complexity index is 981. The first-order valence-corrected chi connectivity index (χ1v) is 8.54. The molecular weight excluding hydrogens is 387 g/mol. The van der Waals surface area contributed by atoms with Crippen molar-refractivity contribution in [3.05, 3.63) is 63.6 Å². The number of imidazole rings is 1. The Kier molecular flexibility index (Phi) is 4.94. The second-order valence-corrected chi connectivity index (χ2v) is 6.39. The molecule has 5 nitrogen and oxygen atoms in total. The van der Waals surface area contributed by atoms with E-state index in [4.69, 9.17) is 0 Å². The van der Waals surface area contributed by atoms with Crippen molar-refractivity contribution in [3.8, 4) is 0 Å². The van der Waals surface area contributed by atoms with E-state index in [9.17, 15) is 9.18 Å². The Morgan fingerprint density at radius 3 is 2.88 bits per heavy atom. The number of rotatable bonds is 4. The van der Waals surface area contributed by atoms with Crippen LogP contribution in [0.4, 0.5) is 4.39 Å². The van der Waals surface area contributed by atoms with Crippen LogP contribution in [0.3, 0.4) is 0 Å². The summed E-state index contributed by atoms with van der Waals surface area (Å²) in [7, 11) is 0. The van der Waals surface area contributed by atoms with Crippen LogP contribution in [0.25, 0.3) is 11.0 Å². The molecule has 0 radical (unpaired) electrons. The fraction of sp³-hybridized carbons (Fsp3) is 0.167. The summed E-state index contributed by atoms with van der Waals surface area (Å²) in [5.74, 6) is 0.104. The highest BCUT2D eigenvalue weighted by molar-refractivity contribution is 9.10. The molecule has 0 saturated carbocycles. The summed E-state index contributed by atoms with van der Waals surface area (Å²) in [6.45, 7) is 4.79. The van der Waals surface area contributed by atoms with E-state index in [0.717, 1.165) is 23.4 Å².